The summed E-state index contributed by atoms with van der Waals surface area (Å²) in [5.74, 6) is -2.08. The molecule has 1 atom stereocenters. The first-order valence-electron chi connectivity index (χ1n) is 10.0. The summed E-state index contributed by atoms with van der Waals surface area (Å²) in [6.07, 6.45) is 3.46. The van der Waals surface area contributed by atoms with Crippen molar-refractivity contribution < 1.29 is 53.7 Å². The number of carboxylic acid groups (broad SMARTS) is 1. The first-order valence-corrected chi connectivity index (χ1v) is 10.8. The summed E-state index contributed by atoms with van der Waals surface area (Å²) >= 11 is 12.0. The van der Waals surface area contributed by atoms with E-state index in [1.54, 1.807) is 25.3 Å². The molecule has 2 rings (SSSR count). The van der Waals surface area contributed by atoms with E-state index in [9.17, 15) is 14.7 Å². The van der Waals surface area contributed by atoms with Crippen LogP contribution in [0.25, 0.3) is 6.08 Å². The maximum absolute atomic E-state index is 12.4. The van der Waals surface area contributed by atoms with Crippen LogP contribution >= 0.6 is 23.2 Å². The van der Waals surface area contributed by atoms with E-state index in [2.05, 4.69) is 5.32 Å². The molecule has 2 aromatic carbocycles. The summed E-state index contributed by atoms with van der Waals surface area (Å²) in [6.45, 7) is 4.96. The van der Waals surface area contributed by atoms with E-state index in [1.807, 2.05) is 38.1 Å². The van der Waals surface area contributed by atoms with Crippen molar-refractivity contribution in [1.82, 2.24) is 5.32 Å². The van der Waals surface area contributed by atoms with E-state index >= 15 is 0 Å². The summed E-state index contributed by atoms with van der Waals surface area (Å²) in [6, 6.07) is 11.1. The first-order chi connectivity index (χ1) is 15.2. The number of amides is 1. The zero-order chi connectivity index (χ0) is 23.7. The number of carboxylic acids is 1. The second-order valence-electron chi connectivity index (χ2n) is 7.55. The SMILES string of the molecule is COCCOC(C)(C)c1ccc(/C=C/CC(NC(=O)c2c(Cl)cccc2Cl)C(=O)[O-])cc1.[Na+]. The Morgan fingerprint density at radius 2 is 1.70 bits per heavy atom. The predicted octanol–water partition coefficient (Wildman–Crippen LogP) is 0.847. The van der Waals surface area contributed by atoms with Gasteiger partial charge < -0.3 is 24.7 Å². The topological polar surface area (TPSA) is 87.7 Å². The predicted molar refractivity (Wildman–Crippen MR) is 124 cm³/mol. The largest absolute Gasteiger partial charge is 1.00 e. The van der Waals surface area contributed by atoms with Gasteiger partial charge in [0.05, 0.1) is 46.4 Å². The number of aliphatic carboxylic acids is 1. The maximum atomic E-state index is 12.4. The van der Waals surface area contributed by atoms with Gasteiger partial charge in [0.2, 0.25) is 0 Å². The fourth-order valence-corrected chi connectivity index (χ4v) is 3.53. The Morgan fingerprint density at radius 1 is 1.09 bits per heavy atom. The van der Waals surface area contributed by atoms with Gasteiger partial charge in [-0.1, -0.05) is 65.7 Å². The summed E-state index contributed by atoms with van der Waals surface area (Å²) in [7, 11) is 1.62. The standard InChI is InChI=1S/C24H27Cl2NO5.Na/c1-24(2,32-15-14-31-3)17-12-10-16(11-13-17)6-4-9-20(23(29)30)27-22(28)21-18(25)7-5-8-19(21)26;/h4-8,10-13,20H,9,14-15H2,1-3H3,(H,27,28)(H,29,30);/q;+1/p-1/b6-4+;. The molecule has 9 heteroatoms. The Balaban J connectivity index is 0.00000544. The van der Waals surface area contributed by atoms with Crippen LogP contribution in [0.3, 0.4) is 0 Å². The molecule has 0 saturated carbocycles. The minimum absolute atomic E-state index is 0. The maximum Gasteiger partial charge on any atom is 1.00 e. The molecule has 0 radical (unpaired) electrons. The van der Waals surface area contributed by atoms with E-state index in [4.69, 9.17) is 32.7 Å². The average molecular weight is 502 g/mol. The smallest absolute Gasteiger partial charge is 0.548 e. The Labute approximate surface area is 226 Å². The van der Waals surface area contributed by atoms with E-state index in [0.717, 1.165) is 11.1 Å². The summed E-state index contributed by atoms with van der Waals surface area (Å²) in [5, 5.41) is 14.2. The van der Waals surface area contributed by atoms with Gasteiger partial charge in [0.1, 0.15) is 0 Å². The number of rotatable bonds is 11. The van der Waals surface area contributed by atoms with Crippen molar-refractivity contribution in [2.75, 3.05) is 20.3 Å². The van der Waals surface area contributed by atoms with Gasteiger partial charge in [-0.25, -0.2) is 0 Å². The summed E-state index contributed by atoms with van der Waals surface area (Å²) in [4.78, 5) is 23.9. The second kappa shape index (κ2) is 14.1. The van der Waals surface area contributed by atoms with Crippen LogP contribution in [0.1, 0.15) is 41.8 Å². The normalized spacial score (nSPS) is 12.3. The number of hydrogen-bond donors (Lipinski definition) is 1. The van der Waals surface area contributed by atoms with Crippen LogP contribution in [-0.2, 0) is 19.9 Å². The van der Waals surface area contributed by atoms with Crippen LogP contribution in [0.4, 0.5) is 0 Å². The van der Waals surface area contributed by atoms with Crippen molar-refractivity contribution in [3.05, 3.63) is 75.3 Å². The molecule has 0 aromatic heterocycles. The van der Waals surface area contributed by atoms with Crippen molar-refractivity contribution in [3.63, 3.8) is 0 Å². The van der Waals surface area contributed by atoms with Crippen molar-refractivity contribution in [1.29, 1.82) is 0 Å². The zero-order valence-electron chi connectivity index (χ0n) is 19.2. The quantitative estimate of drug-likeness (QED) is 0.364. The molecule has 0 aliphatic carbocycles. The molecule has 0 spiro atoms. The molecule has 33 heavy (non-hydrogen) atoms. The van der Waals surface area contributed by atoms with Crippen LogP contribution in [0.5, 0.6) is 0 Å². The van der Waals surface area contributed by atoms with Gasteiger partial charge in [-0.15, -0.1) is 0 Å². The Hall–Kier alpha value is -1.38. The van der Waals surface area contributed by atoms with Crippen molar-refractivity contribution >= 4 is 41.2 Å². The summed E-state index contributed by atoms with van der Waals surface area (Å²) < 4.78 is 10.9. The zero-order valence-corrected chi connectivity index (χ0v) is 22.7. The molecule has 1 unspecified atom stereocenters. The molecule has 0 aliphatic heterocycles. The number of halogens is 2. The van der Waals surface area contributed by atoms with Gasteiger partial charge in [0, 0.05) is 7.11 Å². The third-order valence-corrected chi connectivity index (χ3v) is 5.45. The molecular weight excluding hydrogens is 476 g/mol. The molecule has 1 N–H and O–H groups in total. The van der Waals surface area contributed by atoms with E-state index in [1.165, 1.54) is 12.1 Å². The molecule has 1 amide bonds. The number of methoxy groups -OCH3 is 1. The van der Waals surface area contributed by atoms with Gasteiger partial charge in [-0.3, -0.25) is 4.79 Å². The fourth-order valence-electron chi connectivity index (χ4n) is 2.96. The minimum atomic E-state index is -1.41. The van der Waals surface area contributed by atoms with Crippen LogP contribution in [0, 0.1) is 0 Å². The third kappa shape index (κ3) is 9.06. The molecule has 0 fully saturated rings. The van der Waals surface area contributed by atoms with Crippen molar-refractivity contribution in [2.24, 2.45) is 0 Å². The molecule has 6 nitrogen and oxygen atoms in total. The molecule has 2 aromatic rings. The number of carbonyl (C=O) groups excluding carboxylic acids is 2. The molecule has 0 aliphatic rings. The van der Waals surface area contributed by atoms with Crippen LogP contribution < -0.4 is 40.0 Å². The average Bonchev–Trinajstić information content (AvgIpc) is 2.73. The Morgan fingerprint density at radius 3 is 2.24 bits per heavy atom. The first kappa shape index (κ1) is 29.7. The van der Waals surface area contributed by atoms with Crippen LogP contribution in [-0.4, -0.2) is 38.2 Å². The molecule has 0 saturated heterocycles. The van der Waals surface area contributed by atoms with Gasteiger partial charge in [-0.05, 0) is 43.5 Å². The molecule has 0 bridgehead atoms. The Bertz CT molecular complexity index is 944. The second-order valence-corrected chi connectivity index (χ2v) is 8.37. The van der Waals surface area contributed by atoms with Crippen molar-refractivity contribution in [3.8, 4) is 0 Å². The molecule has 0 heterocycles. The van der Waals surface area contributed by atoms with Gasteiger partial charge in [0.15, 0.2) is 0 Å². The van der Waals surface area contributed by atoms with Crippen molar-refractivity contribution in [2.45, 2.75) is 31.9 Å². The number of carbonyl (C=O) groups is 2. The number of benzene rings is 2. The minimum Gasteiger partial charge on any atom is -0.548 e. The number of hydrogen-bond acceptors (Lipinski definition) is 5. The Kier molecular flexibility index (Phi) is 12.7. The monoisotopic (exact) mass is 501 g/mol. The van der Waals surface area contributed by atoms with Gasteiger partial charge in [0.25, 0.3) is 5.91 Å². The van der Waals surface area contributed by atoms with Gasteiger partial charge in [-0.2, -0.15) is 0 Å². The number of ether oxygens (including phenoxy) is 2. The fraction of sp³-hybridized carbons (Fsp3) is 0.333. The van der Waals surface area contributed by atoms with Gasteiger partial charge >= 0.3 is 29.6 Å². The number of nitrogens with one attached hydrogen (secondary N) is 1. The van der Waals surface area contributed by atoms with E-state index < -0.39 is 23.5 Å². The van der Waals surface area contributed by atoms with Crippen LogP contribution in [0.2, 0.25) is 10.0 Å². The molecule has 172 valence electrons. The third-order valence-electron chi connectivity index (χ3n) is 4.82. The van der Waals surface area contributed by atoms with Crippen LogP contribution in [0.15, 0.2) is 48.5 Å². The summed E-state index contributed by atoms with van der Waals surface area (Å²) in [5.41, 5.74) is 1.43. The van der Waals surface area contributed by atoms with E-state index in [0.29, 0.717) is 13.2 Å². The van der Waals surface area contributed by atoms with E-state index in [-0.39, 0.29) is 51.6 Å². The molecular formula is C24H26Cl2NNaO5.